The number of ether oxygens (including phenoxy) is 1. The highest BCUT2D eigenvalue weighted by atomic mass is 32.1. The van der Waals surface area contributed by atoms with Gasteiger partial charge in [-0.15, -0.1) is 0 Å². The minimum absolute atomic E-state index is 0.278. The summed E-state index contributed by atoms with van der Waals surface area (Å²) in [5.41, 5.74) is 3.49. The van der Waals surface area contributed by atoms with E-state index in [2.05, 4.69) is 10.6 Å². The first-order valence-corrected chi connectivity index (χ1v) is 6.44. The fraction of sp³-hybridized carbons (Fsp3) is 0.286. The van der Waals surface area contributed by atoms with Gasteiger partial charge < -0.3 is 15.4 Å². The van der Waals surface area contributed by atoms with E-state index in [0.29, 0.717) is 17.2 Å². The Morgan fingerprint density at radius 3 is 2.63 bits per heavy atom. The van der Waals surface area contributed by atoms with Crippen LogP contribution in [0.25, 0.3) is 0 Å². The van der Waals surface area contributed by atoms with E-state index in [-0.39, 0.29) is 12.6 Å². The van der Waals surface area contributed by atoms with Crippen molar-refractivity contribution in [2.24, 2.45) is 0 Å². The van der Waals surface area contributed by atoms with Crippen molar-refractivity contribution in [2.75, 3.05) is 6.54 Å². The van der Waals surface area contributed by atoms with Gasteiger partial charge in [0.2, 0.25) is 0 Å². The molecule has 0 bridgehead atoms. The smallest absolute Gasteiger partial charge is 0.337 e. The molecule has 5 heteroatoms. The lowest BCUT2D eigenvalue weighted by Gasteiger charge is -2.20. The molecule has 0 unspecified atom stereocenters. The molecule has 1 heterocycles. The Hall–Kier alpha value is -1.88. The first-order valence-electron chi connectivity index (χ1n) is 6.03. The van der Waals surface area contributed by atoms with Crippen LogP contribution in [0.5, 0.6) is 0 Å². The maximum Gasteiger partial charge on any atom is 0.337 e. The zero-order chi connectivity index (χ0) is 13.8. The molecule has 0 radical (unpaired) electrons. The number of aryl methyl sites for hydroxylation is 1. The quantitative estimate of drug-likeness (QED) is 0.651. The van der Waals surface area contributed by atoms with Gasteiger partial charge in [0.15, 0.2) is 5.11 Å². The summed E-state index contributed by atoms with van der Waals surface area (Å²) >= 11 is 4.97. The normalized spacial score (nSPS) is 14.7. The van der Waals surface area contributed by atoms with Crippen molar-refractivity contribution in [2.45, 2.75) is 20.5 Å². The topological polar surface area (TPSA) is 50.4 Å². The highest BCUT2D eigenvalue weighted by Gasteiger charge is 2.19. The van der Waals surface area contributed by atoms with E-state index in [0.717, 1.165) is 11.3 Å². The number of hydrogen-bond acceptors (Lipinski definition) is 3. The van der Waals surface area contributed by atoms with Crippen LogP contribution >= 0.6 is 12.2 Å². The zero-order valence-corrected chi connectivity index (χ0v) is 11.8. The monoisotopic (exact) mass is 276 g/mol. The summed E-state index contributed by atoms with van der Waals surface area (Å²) in [5, 5.41) is 6.36. The third-order valence-corrected chi connectivity index (χ3v) is 3.16. The van der Waals surface area contributed by atoms with Crippen LogP contribution in [0.15, 0.2) is 35.5 Å². The van der Waals surface area contributed by atoms with Crippen LogP contribution in [0.2, 0.25) is 0 Å². The third-order valence-electron chi connectivity index (χ3n) is 2.92. The van der Waals surface area contributed by atoms with Crippen molar-refractivity contribution in [3.05, 3.63) is 46.7 Å². The Balaban J connectivity index is 1.96. The van der Waals surface area contributed by atoms with E-state index in [4.69, 9.17) is 17.0 Å². The second-order valence-corrected chi connectivity index (χ2v) is 4.88. The van der Waals surface area contributed by atoms with Crippen LogP contribution in [0.3, 0.4) is 0 Å². The molecule has 0 atom stereocenters. The summed E-state index contributed by atoms with van der Waals surface area (Å²) in [6, 6.07) is 7.90. The molecule has 1 aromatic rings. The van der Waals surface area contributed by atoms with Crippen molar-refractivity contribution in [3.63, 3.8) is 0 Å². The average molecular weight is 276 g/mol. The van der Waals surface area contributed by atoms with Crippen molar-refractivity contribution < 1.29 is 9.53 Å². The summed E-state index contributed by atoms with van der Waals surface area (Å²) < 4.78 is 5.29. The second-order valence-electron chi connectivity index (χ2n) is 4.47. The number of benzene rings is 1. The lowest BCUT2D eigenvalue weighted by Crippen LogP contribution is -2.42. The van der Waals surface area contributed by atoms with Crippen molar-refractivity contribution in [1.82, 2.24) is 10.6 Å². The van der Waals surface area contributed by atoms with Gasteiger partial charge >= 0.3 is 5.97 Å². The van der Waals surface area contributed by atoms with Gasteiger partial charge in [0.1, 0.15) is 6.61 Å². The summed E-state index contributed by atoms with van der Waals surface area (Å²) in [6.45, 7) is 4.52. The Kier molecular flexibility index (Phi) is 4.16. The average Bonchev–Trinajstić information content (AvgIpc) is 2.37. The number of carbonyl (C=O) groups is 1. The second kappa shape index (κ2) is 5.84. The molecule has 0 saturated heterocycles. The van der Waals surface area contributed by atoms with Gasteiger partial charge in [-0.2, -0.15) is 0 Å². The van der Waals surface area contributed by atoms with Gasteiger partial charge in [-0.05, 0) is 31.6 Å². The molecule has 2 N–H and O–H groups in total. The van der Waals surface area contributed by atoms with Gasteiger partial charge in [0.25, 0.3) is 0 Å². The van der Waals surface area contributed by atoms with E-state index in [1.54, 1.807) is 0 Å². The first kappa shape index (κ1) is 13.5. The fourth-order valence-corrected chi connectivity index (χ4v) is 1.96. The number of hydrogen-bond donors (Lipinski definition) is 2. The molecule has 0 spiro atoms. The number of esters is 1. The molecule has 19 heavy (non-hydrogen) atoms. The Bertz CT molecular complexity index is 535. The number of rotatable bonds is 3. The van der Waals surface area contributed by atoms with E-state index in [1.807, 2.05) is 38.1 Å². The fourth-order valence-electron chi connectivity index (χ4n) is 1.74. The maximum atomic E-state index is 12.0. The molecule has 0 aliphatic carbocycles. The van der Waals surface area contributed by atoms with Gasteiger partial charge in [0, 0.05) is 5.70 Å². The molecule has 1 aliphatic rings. The van der Waals surface area contributed by atoms with E-state index in [9.17, 15) is 4.79 Å². The van der Waals surface area contributed by atoms with Gasteiger partial charge in [-0.1, -0.05) is 29.8 Å². The Morgan fingerprint density at radius 2 is 2.00 bits per heavy atom. The van der Waals surface area contributed by atoms with Crippen molar-refractivity contribution in [3.8, 4) is 0 Å². The molecule has 0 saturated carbocycles. The van der Waals surface area contributed by atoms with Crippen LogP contribution in [-0.2, 0) is 16.1 Å². The Labute approximate surface area is 117 Å². The lowest BCUT2D eigenvalue weighted by molar-refractivity contribution is -0.140. The molecule has 0 fully saturated rings. The molecule has 100 valence electrons. The standard InChI is InChI=1S/C14H16N2O2S/c1-9-3-5-11(6-4-9)8-18-13(17)12-7-15-14(19)16-10(12)2/h3-6H,7-8H2,1-2H3,(H2,15,16,19). The number of allylic oxidation sites excluding steroid dienone is 1. The van der Waals surface area contributed by atoms with Crippen LogP contribution in [0.1, 0.15) is 18.1 Å². The predicted octanol–water partition coefficient (Wildman–Crippen LogP) is 1.79. The minimum atomic E-state index is -0.319. The zero-order valence-electron chi connectivity index (χ0n) is 10.9. The highest BCUT2D eigenvalue weighted by molar-refractivity contribution is 7.80. The SMILES string of the molecule is CC1=C(C(=O)OCc2ccc(C)cc2)CNC(=S)N1. The number of thiocarbonyl (C=S) groups is 1. The van der Waals surface area contributed by atoms with Crippen LogP contribution in [0, 0.1) is 6.92 Å². The molecule has 1 aromatic carbocycles. The minimum Gasteiger partial charge on any atom is -0.457 e. The molecule has 2 rings (SSSR count). The molecular weight excluding hydrogens is 260 g/mol. The van der Waals surface area contributed by atoms with E-state index < -0.39 is 0 Å². The third kappa shape index (κ3) is 3.54. The van der Waals surface area contributed by atoms with E-state index >= 15 is 0 Å². The Morgan fingerprint density at radius 1 is 1.32 bits per heavy atom. The van der Waals surface area contributed by atoms with Crippen LogP contribution < -0.4 is 10.6 Å². The summed E-state index contributed by atoms with van der Waals surface area (Å²) in [4.78, 5) is 12.0. The number of nitrogens with one attached hydrogen (secondary N) is 2. The molecule has 0 amide bonds. The first-order chi connectivity index (χ1) is 9.06. The largest absolute Gasteiger partial charge is 0.457 e. The molecule has 0 aromatic heterocycles. The highest BCUT2D eigenvalue weighted by Crippen LogP contribution is 2.10. The lowest BCUT2D eigenvalue weighted by atomic mass is 10.1. The summed E-state index contributed by atoms with van der Waals surface area (Å²) in [7, 11) is 0. The summed E-state index contributed by atoms with van der Waals surface area (Å²) in [6.07, 6.45) is 0. The number of carbonyl (C=O) groups excluding carboxylic acids is 1. The van der Waals surface area contributed by atoms with Gasteiger partial charge in [-0.3, -0.25) is 0 Å². The van der Waals surface area contributed by atoms with Gasteiger partial charge in [0.05, 0.1) is 12.1 Å². The van der Waals surface area contributed by atoms with Gasteiger partial charge in [-0.25, -0.2) is 4.79 Å². The van der Waals surface area contributed by atoms with Crippen LogP contribution in [0.4, 0.5) is 0 Å². The molecule has 4 nitrogen and oxygen atoms in total. The molecular formula is C14H16N2O2S. The van der Waals surface area contributed by atoms with E-state index in [1.165, 1.54) is 5.56 Å². The summed E-state index contributed by atoms with van der Waals surface area (Å²) in [5.74, 6) is -0.319. The molecule has 1 aliphatic heterocycles. The predicted molar refractivity (Wildman–Crippen MR) is 77.4 cm³/mol. The van der Waals surface area contributed by atoms with Crippen molar-refractivity contribution in [1.29, 1.82) is 0 Å². The maximum absolute atomic E-state index is 12.0. The van der Waals surface area contributed by atoms with Crippen molar-refractivity contribution >= 4 is 23.3 Å². The van der Waals surface area contributed by atoms with Crippen LogP contribution in [-0.4, -0.2) is 17.6 Å².